The molecule has 2 aliphatic heterocycles. The van der Waals surface area contributed by atoms with Gasteiger partial charge in [-0.15, -0.1) is 0 Å². The van der Waals surface area contributed by atoms with Crippen molar-refractivity contribution < 1.29 is 4.79 Å². The van der Waals surface area contributed by atoms with Crippen LogP contribution in [0.5, 0.6) is 0 Å². The summed E-state index contributed by atoms with van der Waals surface area (Å²) in [4.78, 5) is 14.8. The van der Waals surface area contributed by atoms with Crippen LogP contribution in [0.25, 0.3) is 0 Å². The number of carbonyl (C=O) groups is 1. The van der Waals surface area contributed by atoms with E-state index < -0.39 is 0 Å². The van der Waals surface area contributed by atoms with E-state index >= 15 is 0 Å². The highest BCUT2D eigenvalue weighted by atomic mass is 79.9. The quantitative estimate of drug-likeness (QED) is 0.899. The third-order valence-electron chi connectivity index (χ3n) is 4.78. The number of halogens is 1. The molecule has 2 atom stereocenters. The number of hydrogen-bond donors (Lipinski definition) is 1. The molecule has 1 N–H and O–H groups in total. The van der Waals surface area contributed by atoms with E-state index in [9.17, 15) is 4.79 Å². The van der Waals surface area contributed by atoms with Crippen LogP contribution in [0.3, 0.4) is 0 Å². The Morgan fingerprint density at radius 2 is 1.80 bits per heavy atom. The second kappa shape index (κ2) is 5.86. The molecule has 0 spiro atoms. The zero-order valence-electron chi connectivity index (χ0n) is 11.8. The maximum Gasteiger partial charge on any atom is 0.251 e. The normalized spacial score (nSPS) is 30.0. The largest absolute Gasteiger partial charge is 0.349 e. The van der Waals surface area contributed by atoms with E-state index in [2.05, 4.69) is 33.2 Å². The van der Waals surface area contributed by atoms with Crippen molar-refractivity contribution in [3.05, 3.63) is 34.3 Å². The minimum Gasteiger partial charge on any atom is -0.349 e. The van der Waals surface area contributed by atoms with Gasteiger partial charge in [0, 0.05) is 28.2 Å². The first kappa shape index (κ1) is 14.1. The number of amides is 1. The van der Waals surface area contributed by atoms with Crippen molar-refractivity contribution in [2.45, 2.75) is 50.2 Å². The van der Waals surface area contributed by atoms with Gasteiger partial charge in [0.15, 0.2) is 0 Å². The fourth-order valence-electron chi connectivity index (χ4n) is 3.60. The number of benzene rings is 1. The molecule has 0 aromatic heterocycles. The van der Waals surface area contributed by atoms with Crippen LogP contribution in [0.1, 0.15) is 42.5 Å². The summed E-state index contributed by atoms with van der Waals surface area (Å²) in [6, 6.07) is 9.20. The lowest BCUT2D eigenvalue weighted by Crippen LogP contribution is -2.55. The fourth-order valence-corrected chi connectivity index (χ4v) is 3.87. The molecule has 3 nitrogen and oxygen atoms in total. The van der Waals surface area contributed by atoms with Gasteiger partial charge in [-0.25, -0.2) is 0 Å². The van der Waals surface area contributed by atoms with E-state index in [1.807, 2.05) is 24.3 Å². The summed E-state index contributed by atoms with van der Waals surface area (Å²) in [5.74, 6) is 0.0603. The van der Waals surface area contributed by atoms with E-state index in [1.54, 1.807) is 0 Å². The topological polar surface area (TPSA) is 32.3 Å². The van der Waals surface area contributed by atoms with Crippen LogP contribution >= 0.6 is 15.9 Å². The summed E-state index contributed by atoms with van der Waals surface area (Å²) in [6.45, 7) is 0. The number of fused-ring (bicyclic) bond motifs is 2. The van der Waals surface area contributed by atoms with Gasteiger partial charge >= 0.3 is 0 Å². The highest BCUT2D eigenvalue weighted by Gasteiger charge is 2.36. The Morgan fingerprint density at radius 3 is 2.40 bits per heavy atom. The van der Waals surface area contributed by atoms with Gasteiger partial charge in [0.25, 0.3) is 5.91 Å². The smallest absolute Gasteiger partial charge is 0.251 e. The van der Waals surface area contributed by atoms with Crippen LogP contribution < -0.4 is 5.32 Å². The lowest BCUT2D eigenvalue weighted by Gasteiger charge is -2.47. The number of hydrogen-bond acceptors (Lipinski definition) is 2. The molecule has 2 bridgehead atoms. The molecular formula is C16H21BrN2O. The Bertz CT molecular complexity index is 474. The van der Waals surface area contributed by atoms with Crippen LogP contribution in [0, 0.1) is 0 Å². The van der Waals surface area contributed by atoms with Crippen molar-refractivity contribution in [1.29, 1.82) is 0 Å². The first-order valence-corrected chi connectivity index (χ1v) is 8.21. The minimum atomic E-state index is 0.0603. The minimum absolute atomic E-state index is 0.0603. The molecule has 108 valence electrons. The number of nitrogens with zero attached hydrogens (tertiary/aromatic N) is 1. The molecule has 0 saturated carbocycles. The maximum atomic E-state index is 12.3. The molecule has 0 radical (unpaired) electrons. The zero-order chi connectivity index (χ0) is 14.1. The highest BCUT2D eigenvalue weighted by molar-refractivity contribution is 9.10. The van der Waals surface area contributed by atoms with Gasteiger partial charge < -0.3 is 10.2 Å². The lowest BCUT2D eigenvalue weighted by atomic mass is 9.82. The molecule has 3 rings (SSSR count). The highest BCUT2D eigenvalue weighted by Crippen LogP contribution is 2.32. The van der Waals surface area contributed by atoms with Crippen molar-refractivity contribution in [1.82, 2.24) is 10.2 Å². The first-order valence-electron chi connectivity index (χ1n) is 7.42. The van der Waals surface area contributed by atoms with Crippen LogP contribution in [-0.4, -0.2) is 36.0 Å². The Balaban J connectivity index is 1.63. The second-order valence-corrected chi connectivity index (χ2v) is 6.97. The van der Waals surface area contributed by atoms with Gasteiger partial charge in [-0.05, 0) is 57.0 Å². The summed E-state index contributed by atoms with van der Waals surface area (Å²) in [5.41, 5.74) is 0.747. The van der Waals surface area contributed by atoms with Crippen molar-refractivity contribution in [2.24, 2.45) is 0 Å². The number of piperidine rings is 2. The third kappa shape index (κ3) is 2.91. The van der Waals surface area contributed by atoms with E-state index in [0.717, 1.165) is 22.9 Å². The van der Waals surface area contributed by atoms with Gasteiger partial charge in [-0.2, -0.15) is 0 Å². The maximum absolute atomic E-state index is 12.3. The molecular weight excluding hydrogens is 316 g/mol. The molecule has 1 aromatic rings. The summed E-state index contributed by atoms with van der Waals surface area (Å²) in [7, 11) is 2.24. The Kier molecular flexibility index (Phi) is 4.13. The first-order chi connectivity index (χ1) is 9.63. The summed E-state index contributed by atoms with van der Waals surface area (Å²) in [5, 5.41) is 3.22. The van der Waals surface area contributed by atoms with Gasteiger partial charge in [0.2, 0.25) is 0 Å². The summed E-state index contributed by atoms with van der Waals surface area (Å²) < 4.78 is 1.00. The van der Waals surface area contributed by atoms with Crippen LogP contribution in [0.15, 0.2) is 28.7 Å². The molecule has 2 aliphatic rings. The second-order valence-electron chi connectivity index (χ2n) is 6.05. The molecule has 2 fully saturated rings. The van der Waals surface area contributed by atoms with E-state index in [4.69, 9.17) is 0 Å². The predicted molar refractivity (Wildman–Crippen MR) is 83.8 cm³/mol. The predicted octanol–water partition coefficient (Wildman–Crippen LogP) is 3.19. The molecule has 1 aromatic carbocycles. The fraction of sp³-hybridized carbons (Fsp3) is 0.562. The molecule has 2 heterocycles. The molecule has 0 aliphatic carbocycles. The van der Waals surface area contributed by atoms with Crippen molar-refractivity contribution in [2.75, 3.05) is 7.05 Å². The molecule has 2 saturated heterocycles. The molecule has 1 amide bonds. The van der Waals surface area contributed by atoms with Crippen molar-refractivity contribution >= 4 is 21.8 Å². The summed E-state index contributed by atoms with van der Waals surface area (Å²) >= 11 is 3.40. The average molecular weight is 337 g/mol. The molecule has 4 heteroatoms. The number of carbonyl (C=O) groups excluding carboxylic acids is 1. The van der Waals surface area contributed by atoms with E-state index in [0.29, 0.717) is 18.1 Å². The van der Waals surface area contributed by atoms with Gasteiger partial charge in [0.05, 0.1) is 0 Å². The molecule has 20 heavy (non-hydrogen) atoms. The Labute approximate surface area is 128 Å². The van der Waals surface area contributed by atoms with Crippen LogP contribution in [-0.2, 0) is 0 Å². The van der Waals surface area contributed by atoms with Gasteiger partial charge in [0.1, 0.15) is 0 Å². The number of nitrogens with one attached hydrogen (secondary N) is 1. The van der Waals surface area contributed by atoms with Crippen LogP contribution in [0.2, 0.25) is 0 Å². The Hall–Kier alpha value is -0.870. The number of rotatable bonds is 2. The molecule has 2 unspecified atom stereocenters. The van der Waals surface area contributed by atoms with Crippen LogP contribution in [0.4, 0.5) is 0 Å². The van der Waals surface area contributed by atoms with Crippen molar-refractivity contribution in [3.8, 4) is 0 Å². The van der Waals surface area contributed by atoms with Gasteiger partial charge in [-0.1, -0.05) is 22.4 Å². The zero-order valence-corrected chi connectivity index (χ0v) is 13.4. The average Bonchev–Trinajstić information content (AvgIpc) is 2.40. The lowest BCUT2D eigenvalue weighted by molar-refractivity contribution is 0.0463. The monoisotopic (exact) mass is 336 g/mol. The Morgan fingerprint density at radius 1 is 1.20 bits per heavy atom. The van der Waals surface area contributed by atoms with Gasteiger partial charge in [-0.3, -0.25) is 4.79 Å². The SMILES string of the molecule is CN1C2CCCC1CC(NC(=O)c1ccc(Br)cc1)C2. The third-order valence-corrected chi connectivity index (χ3v) is 5.31. The van der Waals surface area contributed by atoms with E-state index in [-0.39, 0.29) is 5.91 Å². The van der Waals surface area contributed by atoms with E-state index in [1.165, 1.54) is 19.3 Å². The summed E-state index contributed by atoms with van der Waals surface area (Å²) in [6.07, 6.45) is 6.08. The standard InChI is InChI=1S/C16H21BrN2O/c1-19-14-3-2-4-15(19)10-13(9-14)18-16(20)11-5-7-12(17)8-6-11/h5-8,13-15H,2-4,9-10H2,1H3,(H,18,20). The van der Waals surface area contributed by atoms with Crippen molar-refractivity contribution in [3.63, 3.8) is 0 Å².